The summed E-state index contributed by atoms with van der Waals surface area (Å²) in [5, 5.41) is 0. The van der Waals surface area contributed by atoms with Crippen molar-refractivity contribution >= 4 is 0 Å². The van der Waals surface area contributed by atoms with E-state index in [1.165, 1.54) is 5.56 Å². The Kier molecular flexibility index (Phi) is 2.36. The lowest BCUT2D eigenvalue weighted by molar-refractivity contribution is 0.333. The molecule has 1 aromatic rings. The maximum Gasteiger partial charge on any atom is 0.0880 e. The molecule has 1 aliphatic rings. The molecule has 1 fully saturated rings. The first-order chi connectivity index (χ1) is 6.29. The lowest BCUT2D eigenvalue weighted by Crippen LogP contribution is -2.12. The first-order valence-electron chi connectivity index (χ1n) is 4.95. The van der Waals surface area contributed by atoms with E-state index in [0.29, 0.717) is 17.9 Å². The van der Waals surface area contributed by atoms with E-state index in [0.717, 1.165) is 6.61 Å². The Bertz CT molecular complexity index is 260. The van der Waals surface area contributed by atoms with E-state index in [4.69, 9.17) is 4.74 Å². The summed E-state index contributed by atoms with van der Waals surface area (Å²) in [6.45, 7) is 5.47. The van der Waals surface area contributed by atoms with Gasteiger partial charge in [-0.3, -0.25) is 0 Å². The molecule has 0 spiro atoms. The quantitative estimate of drug-likeness (QED) is 0.645. The summed E-state index contributed by atoms with van der Waals surface area (Å²) in [5.41, 5.74) is 1.42. The zero-order valence-electron chi connectivity index (χ0n) is 8.23. The average Bonchev–Trinajstić information content (AvgIpc) is 2.90. The Hall–Kier alpha value is -0.820. The van der Waals surface area contributed by atoms with Gasteiger partial charge in [-0.15, -0.1) is 0 Å². The third-order valence-corrected chi connectivity index (χ3v) is 2.66. The fourth-order valence-electron chi connectivity index (χ4n) is 1.97. The third kappa shape index (κ3) is 1.92. The van der Waals surface area contributed by atoms with Crippen LogP contribution in [-0.4, -0.2) is 12.7 Å². The number of ether oxygens (including phenoxy) is 1. The molecule has 70 valence electrons. The minimum atomic E-state index is 0.474. The van der Waals surface area contributed by atoms with Crippen molar-refractivity contribution in [2.75, 3.05) is 6.61 Å². The second kappa shape index (κ2) is 3.51. The zero-order chi connectivity index (χ0) is 9.26. The number of hydrogen-bond acceptors (Lipinski definition) is 1. The Morgan fingerprint density at radius 2 is 1.85 bits per heavy atom. The topological polar surface area (TPSA) is 12.5 Å². The van der Waals surface area contributed by atoms with E-state index in [1.54, 1.807) is 0 Å². The zero-order valence-corrected chi connectivity index (χ0v) is 8.23. The molecule has 1 aliphatic heterocycles. The van der Waals surface area contributed by atoms with Crippen molar-refractivity contribution in [3.05, 3.63) is 35.9 Å². The van der Waals surface area contributed by atoms with Gasteiger partial charge in [-0.25, -0.2) is 0 Å². The summed E-state index contributed by atoms with van der Waals surface area (Å²) in [6.07, 6.45) is 0.474. The van der Waals surface area contributed by atoms with Crippen LogP contribution >= 0.6 is 0 Å². The SMILES string of the molecule is CC(C)C(c1ccccc1)[C@@H]1CO1. The number of benzene rings is 1. The lowest BCUT2D eigenvalue weighted by atomic mass is 9.86. The van der Waals surface area contributed by atoms with Crippen LogP contribution in [0.4, 0.5) is 0 Å². The minimum Gasteiger partial charge on any atom is -0.372 e. The van der Waals surface area contributed by atoms with Gasteiger partial charge in [-0.2, -0.15) is 0 Å². The Morgan fingerprint density at radius 3 is 2.31 bits per heavy atom. The highest BCUT2D eigenvalue weighted by atomic mass is 16.6. The normalized spacial score (nSPS) is 23.2. The van der Waals surface area contributed by atoms with Crippen LogP contribution in [0.25, 0.3) is 0 Å². The molecule has 0 aliphatic carbocycles. The van der Waals surface area contributed by atoms with Crippen LogP contribution < -0.4 is 0 Å². The van der Waals surface area contributed by atoms with Gasteiger partial charge in [0, 0.05) is 5.92 Å². The smallest absolute Gasteiger partial charge is 0.0880 e. The molecule has 1 heteroatoms. The highest BCUT2D eigenvalue weighted by Gasteiger charge is 2.35. The molecule has 13 heavy (non-hydrogen) atoms. The van der Waals surface area contributed by atoms with E-state index in [1.807, 2.05) is 0 Å². The molecule has 1 aromatic carbocycles. The minimum absolute atomic E-state index is 0.474. The second-order valence-electron chi connectivity index (χ2n) is 4.05. The molecule has 1 saturated heterocycles. The van der Waals surface area contributed by atoms with Crippen LogP contribution in [0.3, 0.4) is 0 Å². The first-order valence-corrected chi connectivity index (χ1v) is 4.95. The molecule has 0 bridgehead atoms. The second-order valence-corrected chi connectivity index (χ2v) is 4.05. The lowest BCUT2D eigenvalue weighted by Gasteiger charge is -2.18. The van der Waals surface area contributed by atoms with Gasteiger partial charge in [0.15, 0.2) is 0 Å². The average molecular weight is 176 g/mol. The van der Waals surface area contributed by atoms with E-state index in [-0.39, 0.29) is 0 Å². The van der Waals surface area contributed by atoms with Crippen molar-refractivity contribution in [1.82, 2.24) is 0 Å². The molecule has 0 radical (unpaired) electrons. The van der Waals surface area contributed by atoms with Crippen LogP contribution in [0.5, 0.6) is 0 Å². The van der Waals surface area contributed by atoms with Crippen molar-refractivity contribution in [1.29, 1.82) is 0 Å². The van der Waals surface area contributed by atoms with Crippen molar-refractivity contribution in [2.24, 2.45) is 5.92 Å². The van der Waals surface area contributed by atoms with Crippen LogP contribution in [-0.2, 0) is 4.74 Å². The molecule has 0 aromatic heterocycles. The predicted molar refractivity (Wildman–Crippen MR) is 53.8 cm³/mol. The largest absolute Gasteiger partial charge is 0.372 e. The van der Waals surface area contributed by atoms with Gasteiger partial charge >= 0.3 is 0 Å². The number of rotatable bonds is 3. The molecule has 1 heterocycles. The van der Waals surface area contributed by atoms with Crippen molar-refractivity contribution < 1.29 is 4.74 Å². The number of epoxide rings is 1. The Morgan fingerprint density at radius 1 is 1.23 bits per heavy atom. The van der Waals surface area contributed by atoms with Gasteiger partial charge in [-0.1, -0.05) is 44.2 Å². The highest BCUT2D eigenvalue weighted by molar-refractivity contribution is 5.22. The third-order valence-electron chi connectivity index (χ3n) is 2.66. The van der Waals surface area contributed by atoms with Gasteiger partial charge in [0.2, 0.25) is 0 Å². The summed E-state index contributed by atoms with van der Waals surface area (Å²) >= 11 is 0. The van der Waals surface area contributed by atoms with Crippen molar-refractivity contribution in [3.63, 3.8) is 0 Å². The van der Waals surface area contributed by atoms with Crippen LogP contribution in [0.15, 0.2) is 30.3 Å². The van der Waals surface area contributed by atoms with Gasteiger partial charge in [0.25, 0.3) is 0 Å². The van der Waals surface area contributed by atoms with Crippen LogP contribution in [0, 0.1) is 5.92 Å². The molecule has 2 atom stereocenters. The van der Waals surface area contributed by atoms with Crippen molar-refractivity contribution in [2.45, 2.75) is 25.9 Å². The Balaban J connectivity index is 2.20. The van der Waals surface area contributed by atoms with E-state index in [9.17, 15) is 0 Å². The molecule has 1 nitrogen and oxygen atoms in total. The molecule has 0 N–H and O–H groups in total. The molecule has 0 saturated carbocycles. The fraction of sp³-hybridized carbons (Fsp3) is 0.500. The van der Waals surface area contributed by atoms with E-state index >= 15 is 0 Å². The molecule has 2 rings (SSSR count). The molecular formula is C12H16O. The van der Waals surface area contributed by atoms with Crippen LogP contribution in [0.1, 0.15) is 25.3 Å². The van der Waals surface area contributed by atoms with Crippen molar-refractivity contribution in [3.8, 4) is 0 Å². The van der Waals surface area contributed by atoms with Gasteiger partial charge in [-0.05, 0) is 11.5 Å². The maximum absolute atomic E-state index is 5.39. The maximum atomic E-state index is 5.39. The Labute approximate surface area is 79.7 Å². The summed E-state index contributed by atoms with van der Waals surface area (Å²) in [4.78, 5) is 0. The van der Waals surface area contributed by atoms with Gasteiger partial charge in [0.1, 0.15) is 0 Å². The summed E-state index contributed by atoms with van der Waals surface area (Å²) < 4.78 is 5.39. The molecule has 0 amide bonds. The summed E-state index contributed by atoms with van der Waals surface area (Å²) in [6, 6.07) is 10.7. The van der Waals surface area contributed by atoms with E-state index in [2.05, 4.69) is 44.2 Å². The van der Waals surface area contributed by atoms with Crippen LogP contribution in [0.2, 0.25) is 0 Å². The highest BCUT2D eigenvalue weighted by Crippen LogP contribution is 2.35. The molecule has 1 unspecified atom stereocenters. The first kappa shape index (κ1) is 8.76. The summed E-state index contributed by atoms with van der Waals surface area (Å²) in [7, 11) is 0. The predicted octanol–water partition coefficient (Wildman–Crippen LogP) is 2.83. The summed E-state index contributed by atoms with van der Waals surface area (Å²) in [5.74, 6) is 1.25. The van der Waals surface area contributed by atoms with Gasteiger partial charge < -0.3 is 4.74 Å². The van der Waals surface area contributed by atoms with E-state index < -0.39 is 0 Å². The molecular weight excluding hydrogens is 160 g/mol. The fourth-order valence-corrected chi connectivity index (χ4v) is 1.97. The number of hydrogen-bond donors (Lipinski definition) is 0. The monoisotopic (exact) mass is 176 g/mol. The van der Waals surface area contributed by atoms with Gasteiger partial charge in [0.05, 0.1) is 12.7 Å². The standard InChI is InChI=1S/C12H16O/c1-9(2)12(11-8-13-11)10-6-4-3-5-7-10/h3-7,9,11-12H,8H2,1-2H3/t11-,12?/m0/s1.